The molecule has 0 saturated carbocycles. The molecule has 0 bridgehead atoms. The maximum Gasteiger partial charge on any atom is 0.169 e. The first-order valence-electron chi connectivity index (χ1n) is 21.8. The fraction of sp³-hybridized carbons (Fsp3) is 0.723. The molecular weight excluding hydrogens is 625 g/mol. The summed E-state index contributed by atoms with van der Waals surface area (Å²) < 4.78 is 13.8. The minimum atomic E-state index is -0.359. The van der Waals surface area contributed by atoms with Crippen LogP contribution < -0.4 is 0 Å². The van der Waals surface area contributed by atoms with E-state index in [2.05, 4.69) is 84.5 Å². The molecular formula is C47H78N2O2. The number of unbranched alkanes of at least 4 members (excludes halogenated alkanes) is 18. The Kier molecular flexibility index (Phi) is 25.1. The number of pyridine rings is 1. The van der Waals surface area contributed by atoms with E-state index in [0.717, 1.165) is 45.3 Å². The summed E-state index contributed by atoms with van der Waals surface area (Å²) in [5.41, 5.74) is 1.32. The molecule has 0 unspecified atom stereocenters. The lowest BCUT2D eigenvalue weighted by molar-refractivity contribution is -0.194. The molecule has 0 amide bonds. The second kappa shape index (κ2) is 29.4. The molecule has 2 fully saturated rings. The average Bonchev–Trinajstić information content (AvgIpc) is 3.67. The number of nitrogens with zero attached hydrogens (tertiary/aromatic N) is 2. The predicted molar refractivity (Wildman–Crippen MR) is 220 cm³/mol. The van der Waals surface area contributed by atoms with Gasteiger partial charge in [-0.2, -0.15) is 0 Å². The molecule has 2 atom stereocenters. The van der Waals surface area contributed by atoms with E-state index in [1.807, 2.05) is 12.4 Å². The van der Waals surface area contributed by atoms with Crippen LogP contribution in [0, 0.1) is 0 Å². The van der Waals surface area contributed by atoms with Gasteiger partial charge in [0.1, 0.15) is 12.2 Å². The fourth-order valence-corrected chi connectivity index (χ4v) is 7.63. The number of fused-ring (bicyclic) bond motifs is 1. The van der Waals surface area contributed by atoms with Crippen LogP contribution in [0.3, 0.4) is 0 Å². The summed E-state index contributed by atoms with van der Waals surface area (Å²) in [7, 11) is 0. The van der Waals surface area contributed by atoms with Crippen LogP contribution in [0.4, 0.5) is 0 Å². The van der Waals surface area contributed by atoms with Crippen LogP contribution >= 0.6 is 0 Å². The van der Waals surface area contributed by atoms with Gasteiger partial charge in [0.15, 0.2) is 5.79 Å². The third-order valence-corrected chi connectivity index (χ3v) is 10.7. The molecule has 0 aromatic carbocycles. The zero-order chi connectivity index (χ0) is 35.9. The van der Waals surface area contributed by atoms with Crippen molar-refractivity contribution in [2.45, 2.75) is 205 Å². The maximum absolute atomic E-state index is 6.89. The minimum Gasteiger partial charge on any atom is -0.343 e. The smallest absolute Gasteiger partial charge is 0.169 e. The van der Waals surface area contributed by atoms with Crippen LogP contribution in [0.25, 0.3) is 0 Å². The van der Waals surface area contributed by atoms with Gasteiger partial charge in [-0.25, -0.2) is 0 Å². The molecule has 1 aromatic rings. The van der Waals surface area contributed by atoms with Crippen molar-refractivity contribution in [3.05, 3.63) is 78.7 Å². The Morgan fingerprint density at radius 2 is 0.941 bits per heavy atom. The zero-order valence-electron chi connectivity index (χ0n) is 33.3. The summed E-state index contributed by atoms with van der Waals surface area (Å²) in [6.45, 7) is 7.44. The van der Waals surface area contributed by atoms with Crippen LogP contribution in [-0.2, 0) is 16.0 Å². The van der Waals surface area contributed by atoms with Gasteiger partial charge < -0.3 is 9.47 Å². The van der Waals surface area contributed by atoms with Crippen molar-refractivity contribution < 1.29 is 9.47 Å². The molecule has 0 N–H and O–H groups in total. The van der Waals surface area contributed by atoms with E-state index >= 15 is 0 Å². The van der Waals surface area contributed by atoms with Crippen LogP contribution in [0.5, 0.6) is 0 Å². The van der Waals surface area contributed by atoms with Crippen molar-refractivity contribution in [2.75, 3.05) is 13.1 Å². The number of aromatic nitrogens is 1. The van der Waals surface area contributed by atoms with Crippen LogP contribution in [0.2, 0.25) is 0 Å². The Labute approximate surface area is 315 Å². The molecule has 2 aliphatic rings. The van der Waals surface area contributed by atoms with Crippen molar-refractivity contribution in [3.8, 4) is 0 Å². The molecule has 0 spiro atoms. The molecule has 3 heterocycles. The average molecular weight is 703 g/mol. The summed E-state index contributed by atoms with van der Waals surface area (Å²) >= 11 is 0. The highest BCUT2D eigenvalue weighted by Gasteiger charge is 2.50. The summed E-state index contributed by atoms with van der Waals surface area (Å²) in [6, 6.07) is 4.24. The van der Waals surface area contributed by atoms with Gasteiger partial charge >= 0.3 is 0 Å². The molecule has 4 nitrogen and oxygen atoms in total. The lowest BCUT2D eigenvalue weighted by Gasteiger charge is -2.31. The second-order valence-electron chi connectivity index (χ2n) is 15.4. The molecule has 0 aliphatic carbocycles. The Balaban J connectivity index is 1.28. The van der Waals surface area contributed by atoms with E-state index in [1.165, 1.54) is 147 Å². The lowest BCUT2D eigenvalue weighted by atomic mass is 9.98. The van der Waals surface area contributed by atoms with Gasteiger partial charge in [0.05, 0.1) is 0 Å². The highest BCUT2D eigenvalue weighted by molar-refractivity contribution is 5.10. The number of hydrogen-bond donors (Lipinski definition) is 0. The Morgan fingerprint density at radius 1 is 0.549 bits per heavy atom. The zero-order valence-corrected chi connectivity index (χ0v) is 33.3. The van der Waals surface area contributed by atoms with Gasteiger partial charge in [0.25, 0.3) is 0 Å². The molecule has 0 radical (unpaired) electrons. The van der Waals surface area contributed by atoms with Crippen LogP contribution in [0.1, 0.15) is 186 Å². The number of rotatable bonds is 32. The third kappa shape index (κ3) is 20.7. The lowest BCUT2D eigenvalue weighted by Crippen LogP contribution is -2.35. The van der Waals surface area contributed by atoms with E-state index in [-0.39, 0.29) is 18.0 Å². The maximum atomic E-state index is 6.89. The second-order valence-corrected chi connectivity index (χ2v) is 15.4. The number of allylic oxidation sites excluding steroid dienone is 8. The Morgan fingerprint density at radius 3 is 1.37 bits per heavy atom. The molecule has 2 saturated heterocycles. The van der Waals surface area contributed by atoms with E-state index < -0.39 is 0 Å². The quantitative estimate of drug-likeness (QED) is 0.0553. The van der Waals surface area contributed by atoms with E-state index in [9.17, 15) is 0 Å². The van der Waals surface area contributed by atoms with Crippen molar-refractivity contribution in [3.63, 3.8) is 0 Å². The van der Waals surface area contributed by atoms with Crippen molar-refractivity contribution in [1.82, 2.24) is 9.88 Å². The molecule has 1 aromatic heterocycles. The molecule has 2 aliphatic heterocycles. The standard InChI is InChI=1S/C47H78N2O2/c1-3-5-7-9-11-13-15-17-19-21-23-25-27-29-31-33-37-47(50-45-42-49(43-46(45)51-47)41-44-35-39-48-40-36-44)38-34-32-30-28-26-24-22-20-18-16-14-12-10-8-6-4-2/h11-14,17-20,35-36,39-40,45-46H,3-10,15-16,21-34,37-38,41-43H2,1-2H3/t45-,46+,47?. The van der Waals surface area contributed by atoms with E-state index in [4.69, 9.17) is 9.47 Å². The molecule has 3 rings (SSSR count). The first-order valence-corrected chi connectivity index (χ1v) is 21.8. The van der Waals surface area contributed by atoms with Crippen LogP contribution in [0.15, 0.2) is 73.1 Å². The summed E-state index contributed by atoms with van der Waals surface area (Å²) in [5, 5.41) is 0. The van der Waals surface area contributed by atoms with Crippen LogP contribution in [-0.4, -0.2) is 41.0 Å². The molecule has 288 valence electrons. The fourth-order valence-electron chi connectivity index (χ4n) is 7.63. The summed E-state index contributed by atoms with van der Waals surface area (Å²) in [4.78, 5) is 6.68. The normalized spacial score (nSPS) is 21.1. The van der Waals surface area contributed by atoms with Gasteiger partial charge in [-0.15, -0.1) is 0 Å². The SMILES string of the molecule is CCCCCC=CCC=CCCCCCCCCC1(CCCCCCCCC=CCC=CCCCCC)O[C@H]2CN(Cc3ccncc3)C[C@H]2O1. The topological polar surface area (TPSA) is 34.6 Å². The number of ether oxygens (including phenoxy) is 2. The Hall–Kier alpha value is -2.01. The van der Waals surface area contributed by atoms with Crippen molar-refractivity contribution >= 4 is 0 Å². The predicted octanol–water partition coefficient (Wildman–Crippen LogP) is 13.8. The first kappa shape index (κ1) is 43.4. The van der Waals surface area contributed by atoms with Gasteiger partial charge in [0.2, 0.25) is 0 Å². The van der Waals surface area contributed by atoms with Gasteiger partial charge in [-0.3, -0.25) is 9.88 Å². The molecule has 4 heteroatoms. The van der Waals surface area contributed by atoms with E-state index in [0.29, 0.717) is 0 Å². The van der Waals surface area contributed by atoms with Gasteiger partial charge in [-0.1, -0.05) is 140 Å². The van der Waals surface area contributed by atoms with Crippen molar-refractivity contribution in [1.29, 1.82) is 0 Å². The summed E-state index contributed by atoms with van der Waals surface area (Å²) in [5.74, 6) is -0.359. The monoisotopic (exact) mass is 703 g/mol. The van der Waals surface area contributed by atoms with Gasteiger partial charge in [-0.05, 0) is 94.7 Å². The first-order chi connectivity index (χ1) is 25.2. The van der Waals surface area contributed by atoms with Crippen molar-refractivity contribution in [2.24, 2.45) is 0 Å². The summed E-state index contributed by atoms with van der Waals surface area (Å²) in [6.07, 6.45) is 56.0. The largest absolute Gasteiger partial charge is 0.343 e. The number of likely N-dealkylation sites (tertiary alicyclic amines) is 1. The highest BCUT2D eigenvalue weighted by atomic mass is 16.8. The third-order valence-electron chi connectivity index (χ3n) is 10.7. The minimum absolute atomic E-state index is 0.209. The Bertz CT molecular complexity index is 999. The highest BCUT2D eigenvalue weighted by Crippen LogP contribution is 2.41. The molecule has 51 heavy (non-hydrogen) atoms. The number of hydrogen-bond acceptors (Lipinski definition) is 4. The van der Waals surface area contributed by atoms with E-state index in [1.54, 1.807) is 0 Å². The van der Waals surface area contributed by atoms with Gasteiger partial charge in [0, 0.05) is 44.9 Å².